The number of rotatable bonds is 3. The van der Waals surface area contributed by atoms with Crippen LogP contribution in [0.5, 0.6) is 0 Å². The number of anilines is 1. The van der Waals surface area contributed by atoms with Crippen LogP contribution in [0.1, 0.15) is 33.1 Å². The Labute approximate surface area is 160 Å². The van der Waals surface area contributed by atoms with Gasteiger partial charge in [-0.15, -0.1) is 11.3 Å². The fraction of sp³-hybridized carbons (Fsp3) is 0.625. The van der Waals surface area contributed by atoms with E-state index in [1.165, 1.54) is 35.0 Å². The maximum atomic E-state index is 13.3. The first-order valence-corrected chi connectivity index (χ1v) is 11.1. The largest absolute Gasteiger partial charge is 0.329 e. The first-order chi connectivity index (χ1) is 12.7. The van der Waals surface area contributed by atoms with Crippen molar-refractivity contribution in [3.8, 4) is 0 Å². The number of nitrogens with one attached hydrogen (secondary N) is 1. The van der Waals surface area contributed by atoms with E-state index in [9.17, 15) is 22.8 Å². The summed E-state index contributed by atoms with van der Waals surface area (Å²) in [5.41, 5.74) is 0. The molecular weight excluding hydrogens is 392 g/mol. The number of thiazole rings is 1. The summed E-state index contributed by atoms with van der Waals surface area (Å²) in [7, 11) is -3.65. The molecule has 3 aliphatic rings. The summed E-state index contributed by atoms with van der Waals surface area (Å²) in [4.78, 5) is 44.6. The number of hydrogen-bond donors (Lipinski definition) is 1. The fourth-order valence-corrected chi connectivity index (χ4v) is 6.82. The van der Waals surface area contributed by atoms with Gasteiger partial charge in [-0.1, -0.05) is 0 Å². The van der Waals surface area contributed by atoms with Crippen molar-refractivity contribution >= 4 is 44.0 Å². The molecule has 27 heavy (non-hydrogen) atoms. The van der Waals surface area contributed by atoms with Gasteiger partial charge in [0.2, 0.25) is 17.7 Å². The number of carbonyl (C=O) groups is 3. The standard InChI is InChI=1S/C16H20N4O5S2/c1-16(2)12(20-10(21)8-11(20)27(16,24)25)14(23)19-6-3-4-9(19)13(22)18-15-17-5-7-26-15/h5,7,9,11-12H,3-4,6,8H2,1-2H3,(H,17,18,22). The molecule has 11 heteroatoms. The molecule has 3 aliphatic heterocycles. The monoisotopic (exact) mass is 412 g/mol. The highest BCUT2D eigenvalue weighted by Gasteiger charge is 2.68. The lowest BCUT2D eigenvalue weighted by Crippen LogP contribution is -2.61. The summed E-state index contributed by atoms with van der Waals surface area (Å²) in [6.45, 7) is 3.32. The van der Waals surface area contributed by atoms with Gasteiger partial charge in [0.05, 0.1) is 11.2 Å². The van der Waals surface area contributed by atoms with Crippen molar-refractivity contribution in [1.82, 2.24) is 14.8 Å². The second kappa shape index (κ2) is 5.99. The Kier molecular flexibility index (Phi) is 4.08. The number of likely N-dealkylation sites (tertiary alicyclic amines) is 1. The molecule has 3 fully saturated rings. The molecule has 0 bridgehead atoms. The van der Waals surface area contributed by atoms with Gasteiger partial charge in [-0.25, -0.2) is 13.4 Å². The zero-order valence-electron chi connectivity index (χ0n) is 14.9. The van der Waals surface area contributed by atoms with Gasteiger partial charge in [0.15, 0.2) is 15.0 Å². The van der Waals surface area contributed by atoms with Crippen LogP contribution in [0.3, 0.4) is 0 Å². The first kappa shape index (κ1) is 18.4. The third kappa shape index (κ3) is 2.51. The summed E-state index contributed by atoms with van der Waals surface area (Å²) < 4.78 is 24.1. The van der Waals surface area contributed by atoms with Crippen molar-refractivity contribution in [3.63, 3.8) is 0 Å². The van der Waals surface area contributed by atoms with E-state index in [2.05, 4.69) is 10.3 Å². The van der Waals surface area contributed by atoms with E-state index in [4.69, 9.17) is 0 Å². The van der Waals surface area contributed by atoms with Crippen LogP contribution in [0.25, 0.3) is 0 Å². The minimum Gasteiger partial charge on any atom is -0.329 e. The number of fused-ring (bicyclic) bond motifs is 1. The molecule has 146 valence electrons. The summed E-state index contributed by atoms with van der Waals surface area (Å²) >= 11 is 1.28. The van der Waals surface area contributed by atoms with Gasteiger partial charge in [0.1, 0.15) is 17.5 Å². The Morgan fingerprint density at radius 2 is 2.11 bits per heavy atom. The van der Waals surface area contributed by atoms with Crippen molar-refractivity contribution in [3.05, 3.63) is 11.6 Å². The van der Waals surface area contributed by atoms with Crippen LogP contribution in [0.4, 0.5) is 5.13 Å². The molecule has 0 spiro atoms. The number of aromatic nitrogens is 1. The molecular formula is C16H20N4O5S2. The van der Waals surface area contributed by atoms with Crippen LogP contribution in [0.2, 0.25) is 0 Å². The topological polar surface area (TPSA) is 117 Å². The van der Waals surface area contributed by atoms with Crippen molar-refractivity contribution < 1.29 is 22.8 Å². The number of carbonyl (C=O) groups excluding carboxylic acids is 3. The maximum absolute atomic E-state index is 13.3. The highest BCUT2D eigenvalue weighted by atomic mass is 32.2. The Morgan fingerprint density at radius 1 is 1.37 bits per heavy atom. The predicted molar refractivity (Wildman–Crippen MR) is 97.5 cm³/mol. The average molecular weight is 412 g/mol. The van der Waals surface area contributed by atoms with Gasteiger partial charge in [0, 0.05) is 18.1 Å². The van der Waals surface area contributed by atoms with E-state index in [1.807, 2.05) is 0 Å². The Morgan fingerprint density at radius 3 is 2.74 bits per heavy atom. The molecule has 1 aromatic heterocycles. The maximum Gasteiger partial charge on any atom is 0.248 e. The molecule has 0 aromatic carbocycles. The van der Waals surface area contributed by atoms with E-state index in [0.29, 0.717) is 24.5 Å². The van der Waals surface area contributed by atoms with E-state index < -0.39 is 37.9 Å². The Hall–Kier alpha value is -2.01. The van der Waals surface area contributed by atoms with E-state index in [-0.39, 0.29) is 18.2 Å². The SMILES string of the molecule is CC1(C)C(C(=O)N2CCCC2C(=O)Nc2nccs2)N2C(=O)CC2S1(=O)=O. The third-order valence-corrected chi connectivity index (χ3v) is 9.20. The molecule has 9 nitrogen and oxygen atoms in total. The van der Waals surface area contributed by atoms with Gasteiger partial charge in [-0.05, 0) is 26.7 Å². The van der Waals surface area contributed by atoms with E-state index in [1.54, 1.807) is 11.6 Å². The second-order valence-corrected chi connectivity index (χ2v) is 11.1. The predicted octanol–water partition coefficient (Wildman–Crippen LogP) is 0.207. The van der Waals surface area contributed by atoms with Crippen LogP contribution in [-0.2, 0) is 24.2 Å². The van der Waals surface area contributed by atoms with Crippen LogP contribution in [0, 0.1) is 0 Å². The van der Waals surface area contributed by atoms with Crippen molar-refractivity contribution in [1.29, 1.82) is 0 Å². The quantitative estimate of drug-likeness (QED) is 0.709. The number of nitrogens with zero attached hydrogens (tertiary/aromatic N) is 3. The third-order valence-electron chi connectivity index (χ3n) is 5.71. The number of β-lactam (4-membered cyclic amide) rings is 1. The molecule has 3 atom stereocenters. The zero-order valence-corrected chi connectivity index (χ0v) is 16.5. The second-order valence-electron chi connectivity index (χ2n) is 7.53. The Balaban J connectivity index is 1.59. The number of sulfone groups is 1. The summed E-state index contributed by atoms with van der Waals surface area (Å²) in [6, 6.07) is -1.79. The van der Waals surface area contributed by atoms with Gasteiger partial charge in [-0.2, -0.15) is 0 Å². The lowest BCUT2D eigenvalue weighted by atomic mass is 9.96. The number of amides is 3. The molecule has 3 amide bonds. The normalized spacial score (nSPS) is 30.7. The van der Waals surface area contributed by atoms with Gasteiger partial charge in [0.25, 0.3) is 0 Å². The molecule has 1 N–H and O–H groups in total. The molecule has 4 rings (SSSR count). The molecule has 1 aromatic rings. The van der Waals surface area contributed by atoms with Crippen molar-refractivity contribution in [2.45, 2.75) is 55.3 Å². The van der Waals surface area contributed by atoms with Crippen molar-refractivity contribution in [2.75, 3.05) is 11.9 Å². The van der Waals surface area contributed by atoms with Crippen LogP contribution < -0.4 is 5.32 Å². The minimum atomic E-state index is -3.65. The summed E-state index contributed by atoms with van der Waals surface area (Å²) in [5.74, 6) is -1.16. The summed E-state index contributed by atoms with van der Waals surface area (Å²) in [6.07, 6.45) is 2.61. The molecule has 0 radical (unpaired) electrons. The van der Waals surface area contributed by atoms with Gasteiger partial charge >= 0.3 is 0 Å². The first-order valence-electron chi connectivity index (χ1n) is 8.71. The minimum absolute atomic E-state index is 0.0799. The van der Waals surface area contributed by atoms with Crippen LogP contribution in [0.15, 0.2) is 11.6 Å². The number of hydrogen-bond acceptors (Lipinski definition) is 7. The smallest absolute Gasteiger partial charge is 0.248 e. The summed E-state index contributed by atoms with van der Waals surface area (Å²) in [5, 5.41) is 3.94. The highest BCUT2D eigenvalue weighted by Crippen LogP contribution is 2.46. The Bertz CT molecular complexity index is 911. The van der Waals surface area contributed by atoms with Gasteiger partial charge in [-0.3, -0.25) is 14.4 Å². The molecule has 0 saturated carbocycles. The molecule has 0 aliphatic carbocycles. The average Bonchev–Trinajstić information content (AvgIpc) is 3.29. The molecule has 4 heterocycles. The lowest BCUT2D eigenvalue weighted by Gasteiger charge is -2.39. The molecule has 3 unspecified atom stereocenters. The van der Waals surface area contributed by atoms with Crippen molar-refractivity contribution in [2.24, 2.45) is 0 Å². The lowest BCUT2D eigenvalue weighted by molar-refractivity contribution is -0.155. The van der Waals surface area contributed by atoms with Crippen LogP contribution in [-0.4, -0.2) is 69.7 Å². The zero-order chi connectivity index (χ0) is 19.6. The van der Waals surface area contributed by atoms with E-state index in [0.717, 1.165) is 0 Å². The highest BCUT2D eigenvalue weighted by molar-refractivity contribution is 7.93. The van der Waals surface area contributed by atoms with Gasteiger partial charge < -0.3 is 15.1 Å². The fourth-order valence-electron chi connectivity index (χ4n) is 4.16. The van der Waals surface area contributed by atoms with E-state index >= 15 is 0 Å². The van der Waals surface area contributed by atoms with Crippen LogP contribution >= 0.6 is 11.3 Å². The molecule has 3 saturated heterocycles.